The average molecular weight is 258 g/mol. The van der Waals surface area contributed by atoms with Crippen LogP contribution in [-0.2, 0) is 0 Å². The minimum Gasteiger partial charge on any atom is -0.478 e. The molecule has 2 nitrogen and oxygen atoms in total. The van der Waals surface area contributed by atoms with Crippen molar-refractivity contribution in [2.75, 3.05) is 6.61 Å². The van der Waals surface area contributed by atoms with E-state index in [4.69, 9.17) is 4.74 Å². The fourth-order valence-corrected chi connectivity index (χ4v) is 1.21. The number of pyridine rings is 1. The van der Waals surface area contributed by atoms with Gasteiger partial charge in [0.25, 0.3) is 0 Å². The maximum atomic E-state index is 5.52. The van der Waals surface area contributed by atoms with Crippen LogP contribution in [0.3, 0.4) is 0 Å². The first-order valence-electron chi connectivity index (χ1n) is 4.84. The molecule has 1 heterocycles. The fraction of sp³-hybridized carbons (Fsp3) is 0.545. The zero-order chi connectivity index (χ0) is 10.6. The number of hydrogen-bond acceptors (Lipinski definition) is 2. The zero-order valence-corrected chi connectivity index (χ0v) is 10.5. The van der Waals surface area contributed by atoms with E-state index in [0.29, 0.717) is 11.8 Å². The molecule has 14 heavy (non-hydrogen) atoms. The van der Waals surface area contributed by atoms with Crippen LogP contribution < -0.4 is 4.74 Å². The lowest BCUT2D eigenvalue weighted by molar-refractivity contribution is 0.279. The standard InChI is InChI=1S/C11H16BrNO/c1-8(2)4-5-14-11-6-9(3)10(12)7-13-11/h6-8H,4-5H2,1-3H3. The molecule has 1 aromatic rings. The van der Waals surface area contributed by atoms with Gasteiger partial charge in [-0.1, -0.05) is 13.8 Å². The van der Waals surface area contributed by atoms with E-state index >= 15 is 0 Å². The highest BCUT2D eigenvalue weighted by molar-refractivity contribution is 9.10. The normalized spacial score (nSPS) is 10.6. The molecule has 0 bridgehead atoms. The van der Waals surface area contributed by atoms with E-state index < -0.39 is 0 Å². The Morgan fingerprint density at radius 1 is 1.50 bits per heavy atom. The molecule has 0 radical (unpaired) electrons. The first-order valence-corrected chi connectivity index (χ1v) is 5.64. The molecule has 0 aliphatic rings. The molecule has 0 aliphatic carbocycles. The Balaban J connectivity index is 2.47. The highest BCUT2D eigenvalue weighted by Crippen LogP contribution is 2.18. The van der Waals surface area contributed by atoms with Crippen LogP contribution in [-0.4, -0.2) is 11.6 Å². The van der Waals surface area contributed by atoms with Gasteiger partial charge in [0.15, 0.2) is 0 Å². The summed E-state index contributed by atoms with van der Waals surface area (Å²) in [7, 11) is 0. The third kappa shape index (κ3) is 3.66. The van der Waals surface area contributed by atoms with Crippen molar-refractivity contribution in [3.05, 3.63) is 22.3 Å². The highest BCUT2D eigenvalue weighted by Gasteiger charge is 2.00. The minimum absolute atomic E-state index is 0.673. The molecule has 0 atom stereocenters. The molecule has 0 saturated carbocycles. The average Bonchev–Trinajstić information content (AvgIpc) is 2.10. The number of hydrogen-bond donors (Lipinski definition) is 0. The van der Waals surface area contributed by atoms with Gasteiger partial charge in [-0.05, 0) is 40.8 Å². The van der Waals surface area contributed by atoms with Gasteiger partial charge < -0.3 is 4.74 Å². The van der Waals surface area contributed by atoms with Crippen molar-refractivity contribution in [2.45, 2.75) is 27.2 Å². The van der Waals surface area contributed by atoms with Gasteiger partial charge in [0.05, 0.1) is 6.61 Å². The molecule has 0 amide bonds. The quantitative estimate of drug-likeness (QED) is 0.823. The highest BCUT2D eigenvalue weighted by atomic mass is 79.9. The van der Waals surface area contributed by atoms with Gasteiger partial charge in [0.1, 0.15) is 0 Å². The van der Waals surface area contributed by atoms with E-state index in [2.05, 4.69) is 34.8 Å². The zero-order valence-electron chi connectivity index (χ0n) is 8.88. The lowest BCUT2D eigenvalue weighted by Gasteiger charge is -2.07. The molecule has 1 rings (SSSR count). The van der Waals surface area contributed by atoms with E-state index in [9.17, 15) is 0 Å². The molecule has 0 saturated heterocycles. The van der Waals surface area contributed by atoms with Crippen molar-refractivity contribution in [3.63, 3.8) is 0 Å². The largest absolute Gasteiger partial charge is 0.478 e. The first kappa shape index (κ1) is 11.5. The topological polar surface area (TPSA) is 22.1 Å². The first-order chi connectivity index (χ1) is 6.59. The van der Waals surface area contributed by atoms with Gasteiger partial charge in [0.2, 0.25) is 5.88 Å². The van der Waals surface area contributed by atoms with Gasteiger partial charge in [-0.2, -0.15) is 0 Å². The number of rotatable bonds is 4. The van der Waals surface area contributed by atoms with Crippen LogP contribution in [0.1, 0.15) is 25.8 Å². The monoisotopic (exact) mass is 257 g/mol. The van der Waals surface area contributed by atoms with Crippen molar-refractivity contribution >= 4 is 15.9 Å². The van der Waals surface area contributed by atoms with E-state index in [1.807, 2.05) is 13.0 Å². The predicted molar refractivity (Wildman–Crippen MR) is 61.6 cm³/mol. The number of aryl methyl sites for hydroxylation is 1. The summed E-state index contributed by atoms with van der Waals surface area (Å²) in [5.74, 6) is 1.39. The molecule has 0 fully saturated rings. The van der Waals surface area contributed by atoms with Crippen molar-refractivity contribution < 1.29 is 4.74 Å². The van der Waals surface area contributed by atoms with Crippen LogP contribution in [0.5, 0.6) is 5.88 Å². The van der Waals surface area contributed by atoms with Gasteiger partial charge in [-0.25, -0.2) is 4.98 Å². The summed E-state index contributed by atoms with van der Waals surface area (Å²) in [5.41, 5.74) is 1.15. The van der Waals surface area contributed by atoms with Crippen molar-refractivity contribution in [2.24, 2.45) is 5.92 Å². The Morgan fingerprint density at radius 2 is 2.21 bits per heavy atom. The summed E-state index contributed by atoms with van der Waals surface area (Å²) in [6.07, 6.45) is 2.84. The number of halogens is 1. The van der Waals surface area contributed by atoms with Crippen molar-refractivity contribution in [1.29, 1.82) is 0 Å². The van der Waals surface area contributed by atoms with Crippen LogP contribution >= 0.6 is 15.9 Å². The van der Waals surface area contributed by atoms with Crippen LogP contribution in [0.15, 0.2) is 16.7 Å². The van der Waals surface area contributed by atoms with Gasteiger partial charge >= 0.3 is 0 Å². The molecule has 3 heteroatoms. The Bertz CT molecular complexity index is 299. The predicted octanol–water partition coefficient (Wildman–Crippen LogP) is 3.58. The summed E-state index contributed by atoms with van der Waals surface area (Å²) in [6, 6.07) is 1.95. The molecular weight excluding hydrogens is 242 g/mol. The molecule has 0 N–H and O–H groups in total. The molecule has 78 valence electrons. The van der Waals surface area contributed by atoms with E-state index in [1.54, 1.807) is 6.20 Å². The number of nitrogens with zero attached hydrogens (tertiary/aromatic N) is 1. The molecular formula is C11H16BrNO. The summed E-state index contributed by atoms with van der Waals surface area (Å²) in [5, 5.41) is 0. The Morgan fingerprint density at radius 3 is 2.79 bits per heavy atom. The lowest BCUT2D eigenvalue weighted by atomic mass is 10.1. The van der Waals surface area contributed by atoms with Crippen LogP contribution in [0.2, 0.25) is 0 Å². The molecule has 0 spiro atoms. The van der Waals surface area contributed by atoms with Gasteiger partial charge in [-0.15, -0.1) is 0 Å². The van der Waals surface area contributed by atoms with E-state index in [1.165, 1.54) is 0 Å². The van der Waals surface area contributed by atoms with Crippen molar-refractivity contribution in [1.82, 2.24) is 4.98 Å². The smallest absolute Gasteiger partial charge is 0.213 e. The van der Waals surface area contributed by atoms with E-state index in [-0.39, 0.29) is 0 Å². The minimum atomic E-state index is 0.673. The van der Waals surface area contributed by atoms with Crippen molar-refractivity contribution in [3.8, 4) is 5.88 Å². The summed E-state index contributed by atoms with van der Waals surface area (Å²) in [6.45, 7) is 7.14. The molecule has 0 aliphatic heterocycles. The SMILES string of the molecule is Cc1cc(OCCC(C)C)ncc1Br. The third-order valence-electron chi connectivity index (χ3n) is 1.97. The third-order valence-corrected chi connectivity index (χ3v) is 2.80. The fourth-order valence-electron chi connectivity index (χ4n) is 0.992. The Kier molecular flexibility index (Phi) is 4.39. The lowest BCUT2D eigenvalue weighted by Crippen LogP contribution is -2.02. The van der Waals surface area contributed by atoms with Crippen LogP contribution in [0.4, 0.5) is 0 Å². The Labute approximate surface area is 93.8 Å². The van der Waals surface area contributed by atoms with E-state index in [0.717, 1.165) is 23.1 Å². The maximum Gasteiger partial charge on any atom is 0.213 e. The number of aromatic nitrogens is 1. The number of ether oxygens (including phenoxy) is 1. The maximum absolute atomic E-state index is 5.52. The molecule has 0 unspecified atom stereocenters. The van der Waals surface area contributed by atoms with Gasteiger partial charge in [0, 0.05) is 16.7 Å². The van der Waals surface area contributed by atoms with Crippen LogP contribution in [0.25, 0.3) is 0 Å². The second kappa shape index (κ2) is 5.35. The summed E-state index contributed by atoms with van der Waals surface area (Å²) < 4.78 is 6.54. The molecule has 1 aromatic heterocycles. The summed E-state index contributed by atoms with van der Waals surface area (Å²) >= 11 is 3.40. The second-order valence-corrected chi connectivity index (χ2v) is 4.66. The summed E-state index contributed by atoms with van der Waals surface area (Å²) in [4.78, 5) is 4.17. The Hall–Kier alpha value is -0.570. The second-order valence-electron chi connectivity index (χ2n) is 3.80. The van der Waals surface area contributed by atoms with Gasteiger partial charge in [-0.3, -0.25) is 0 Å². The molecule has 0 aromatic carbocycles. The van der Waals surface area contributed by atoms with Crippen LogP contribution in [0, 0.1) is 12.8 Å².